The fourth-order valence-electron chi connectivity index (χ4n) is 2.51. The number of halogens is 1. The molecule has 1 amide bonds. The van der Waals surface area contributed by atoms with Gasteiger partial charge in [0.15, 0.2) is 5.78 Å². The van der Waals surface area contributed by atoms with Gasteiger partial charge in [0.25, 0.3) is 0 Å². The summed E-state index contributed by atoms with van der Waals surface area (Å²) in [5, 5.41) is 0. The van der Waals surface area contributed by atoms with Gasteiger partial charge in [-0.15, -0.1) is 11.8 Å². The standard InChI is InChI=1S/C18H16BrNO2S/c19-14-5-9-16(10-6-14)23-12-17(21)13-3-7-15(8-4-13)20-11-1-2-18(20)22/h3-10H,1-2,11-12H2. The molecule has 23 heavy (non-hydrogen) atoms. The second-order valence-electron chi connectivity index (χ2n) is 5.36. The summed E-state index contributed by atoms with van der Waals surface area (Å²) < 4.78 is 1.03. The highest BCUT2D eigenvalue weighted by molar-refractivity contribution is 9.10. The lowest BCUT2D eigenvalue weighted by Crippen LogP contribution is -2.23. The highest BCUT2D eigenvalue weighted by atomic mass is 79.9. The van der Waals surface area contributed by atoms with Crippen LogP contribution in [-0.2, 0) is 4.79 Å². The van der Waals surface area contributed by atoms with E-state index < -0.39 is 0 Å². The predicted molar refractivity (Wildman–Crippen MR) is 97.2 cm³/mol. The third-order valence-corrected chi connectivity index (χ3v) is 5.30. The van der Waals surface area contributed by atoms with Crippen LogP contribution in [0, 0.1) is 0 Å². The zero-order valence-electron chi connectivity index (χ0n) is 12.5. The van der Waals surface area contributed by atoms with Crippen molar-refractivity contribution in [3.63, 3.8) is 0 Å². The second-order valence-corrected chi connectivity index (χ2v) is 7.33. The molecule has 0 aromatic heterocycles. The Morgan fingerprint density at radius 3 is 2.39 bits per heavy atom. The molecule has 5 heteroatoms. The molecule has 1 fully saturated rings. The molecule has 1 aliphatic heterocycles. The molecule has 0 aliphatic carbocycles. The molecule has 118 valence electrons. The van der Waals surface area contributed by atoms with E-state index in [1.54, 1.807) is 4.90 Å². The number of thioether (sulfide) groups is 1. The van der Waals surface area contributed by atoms with Crippen LogP contribution in [0.25, 0.3) is 0 Å². The van der Waals surface area contributed by atoms with Crippen LogP contribution < -0.4 is 4.90 Å². The molecule has 0 atom stereocenters. The molecule has 3 nitrogen and oxygen atoms in total. The van der Waals surface area contributed by atoms with E-state index in [0.29, 0.717) is 17.7 Å². The number of ketones is 1. The average molecular weight is 390 g/mol. The number of Topliss-reactive ketones (excluding diaryl/α,β-unsaturated/α-hetero) is 1. The van der Waals surface area contributed by atoms with E-state index in [-0.39, 0.29) is 11.7 Å². The summed E-state index contributed by atoms with van der Waals surface area (Å²) in [6.45, 7) is 0.769. The Morgan fingerprint density at radius 2 is 1.78 bits per heavy atom. The maximum absolute atomic E-state index is 12.3. The third kappa shape index (κ3) is 4.03. The van der Waals surface area contributed by atoms with Crippen molar-refractivity contribution in [3.05, 3.63) is 58.6 Å². The molecule has 0 N–H and O–H groups in total. The first-order valence-electron chi connectivity index (χ1n) is 7.45. The first kappa shape index (κ1) is 16.3. The number of benzene rings is 2. The van der Waals surface area contributed by atoms with Crippen LogP contribution in [0.15, 0.2) is 57.9 Å². The van der Waals surface area contributed by atoms with Crippen molar-refractivity contribution in [3.8, 4) is 0 Å². The molecule has 1 heterocycles. The zero-order chi connectivity index (χ0) is 16.2. The summed E-state index contributed by atoms with van der Waals surface area (Å²) in [5.74, 6) is 0.663. The van der Waals surface area contributed by atoms with Crippen LogP contribution in [0.3, 0.4) is 0 Å². The number of hydrogen-bond acceptors (Lipinski definition) is 3. The molecule has 0 saturated carbocycles. The Bertz CT molecular complexity index is 713. The molecule has 0 spiro atoms. The van der Waals surface area contributed by atoms with E-state index in [4.69, 9.17) is 0 Å². The lowest BCUT2D eigenvalue weighted by Gasteiger charge is -2.15. The average Bonchev–Trinajstić information content (AvgIpc) is 3.00. The van der Waals surface area contributed by atoms with Crippen molar-refractivity contribution >= 4 is 45.1 Å². The number of nitrogens with zero attached hydrogens (tertiary/aromatic N) is 1. The maximum atomic E-state index is 12.3. The van der Waals surface area contributed by atoms with Crippen molar-refractivity contribution < 1.29 is 9.59 Å². The van der Waals surface area contributed by atoms with Crippen molar-refractivity contribution in [1.29, 1.82) is 0 Å². The highest BCUT2D eigenvalue weighted by Gasteiger charge is 2.21. The van der Waals surface area contributed by atoms with E-state index >= 15 is 0 Å². The second kappa shape index (κ2) is 7.32. The van der Waals surface area contributed by atoms with Crippen LogP contribution in [0.5, 0.6) is 0 Å². The SMILES string of the molecule is O=C(CSc1ccc(Br)cc1)c1ccc(N2CCCC2=O)cc1. The summed E-state index contributed by atoms with van der Waals surface area (Å²) in [6.07, 6.45) is 1.52. The summed E-state index contributed by atoms with van der Waals surface area (Å²) in [6, 6.07) is 15.3. The van der Waals surface area contributed by atoms with Crippen LogP contribution >= 0.6 is 27.7 Å². The number of hydrogen-bond donors (Lipinski definition) is 0. The molecule has 2 aromatic rings. The smallest absolute Gasteiger partial charge is 0.227 e. The zero-order valence-corrected chi connectivity index (χ0v) is 14.9. The van der Waals surface area contributed by atoms with Crippen LogP contribution in [0.2, 0.25) is 0 Å². The quantitative estimate of drug-likeness (QED) is 0.555. The minimum atomic E-state index is 0.0946. The molecule has 0 radical (unpaired) electrons. The van der Waals surface area contributed by atoms with Gasteiger partial charge in [-0.3, -0.25) is 9.59 Å². The third-order valence-electron chi connectivity index (χ3n) is 3.76. The topological polar surface area (TPSA) is 37.4 Å². The molecule has 1 saturated heterocycles. The van der Waals surface area contributed by atoms with E-state index in [1.165, 1.54) is 11.8 Å². The van der Waals surface area contributed by atoms with Gasteiger partial charge in [0.1, 0.15) is 0 Å². The van der Waals surface area contributed by atoms with E-state index in [0.717, 1.165) is 28.0 Å². The Labute approximate surface area is 148 Å². The van der Waals surface area contributed by atoms with Gasteiger partial charge < -0.3 is 4.90 Å². The molecule has 2 aromatic carbocycles. The normalized spacial score (nSPS) is 14.3. The van der Waals surface area contributed by atoms with Crippen LogP contribution in [-0.4, -0.2) is 24.0 Å². The first-order valence-corrected chi connectivity index (χ1v) is 9.23. The summed E-state index contributed by atoms with van der Waals surface area (Å²) in [7, 11) is 0. The van der Waals surface area contributed by atoms with Crippen molar-refractivity contribution in [2.45, 2.75) is 17.7 Å². The number of carbonyl (C=O) groups is 2. The Hall–Kier alpha value is -1.59. The van der Waals surface area contributed by atoms with Crippen LogP contribution in [0.4, 0.5) is 5.69 Å². The lowest BCUT2D eigenvalue weighted by molar-refractivity contribution is -0.117. The fourth-order valence-corrected chi connectivity index (χ4v) is 3.57. The van der Waals surface area contributed by atoms with Crippen molar-refractivity contribution in [1.82, 2.24) is 0 Å². The minimum absolute atomic E-state index is 0.0946. The molecule has 0 bridgehead atoms. The van der Waals surface area contributed by atoms with Crippen molar-refractivity contribution in [2.24, 2.45) is 0 Å². The Kier molecular flexibility index (Phi) is 5.18. The van der Waals surface area contributed by atoms with Gasteiger partial charge in [-0.2, -0.15) is 0 Å². The Balaban J connectivity index is 1.61. The minimum Gasteiger partial charge on any atom is -0.312 e. The lowest BCUT2D eigenvalue weighted by atomic mass is 10.1. The summed E-state index contributed by atoms with van der Waals surface area (Å²) in [5.41, 5.74) is 1.56. The van der Waals surface area contributed by atoms with Gasteiger partial charge in [-0.25, -0.2) is 0 Å². The summed E-state index contributed by atoms with van der Waals surface area (Å²) >= 11 is 4.92. The Morgan fingerprint density at radius 1 is 1.09 bits per heavy atom. The van der Waals surface area contributed by atoms with E-state index in [1.807, 2.05) is 48.5 Å². The molecule has 0 unspecified atom stereocenters. The van der Waals surface area contributed by atoms with Gasteiger partial charge in [-0.05, 0) is 55.0 Å². The fraction of sp³-hybridized carbons (Fsp3) is 0.222. The summed E-state index contributed by atoms with van der Waals surface area (Å²) in [4.78, 5) is 26.9. The largest absolute Gasteiger partial charge is 0.312 e. The number of anilines is 1. The van der Waals surface area contributed by atoms with Gasteiger partial charge in [-0.1, -0.05) is 15.9 Å². The molecule has 3 rings (SSSR count). The highest BCUT2D eigenvalue weighted by Crippen LogP contribution is 2.24. The molecular weight excluding hydrogens is 374 g/mol. The van der Waals surface area contributed by atoms with E-state index in [2.05, 4.69) is 15.9 Å². The molecular formula is C18H16BrNO2S. The van der Waals surface area contributed by atoms with Gasteiger partial charge in [0, 0.05) is 33.6 Å². The monoisotopic (exact) mass is 389 g/mol. The number of rotatable bonds is 5. The van der Waals surface area contributed by atoms with Crippen LogP contribution in [0.1, 0.15) is 23.2 Å². The predicted octanol–water partition coefficient (Wildman–Crippen LogP) is 4.55. The van der Waals surface area contributed by atoms with Gasteiger partial charge in [0.2, 0.25) is 5.91 Å². The van der Waals surface area contributed by atoms with E-state index in [9.17, 15) is 9.59 Å². The number of amides is 1. The number of carbonyl (C=O) groups excluding carboxylic acids is 2. The van der Waals surface area contributed by atoms with Crippen molar-refractivity contribution in [2.75, 3.05) is 17.2 Å². The van der Waals surface area contributed by atoms with Gasteiger partial charge >= 0.3 is 0 Å². The first-order chi connectivity index (χ1) is 11.1. The molecule has 1 aliphatic rings. The van der Waals surface area contributed by atoms with Gasteiger partial charge in [0.05, 0.1) is 5.75 Å². The maximum Gasteiger partial charge on any atom is 0.227 e.